The summed E-state index contributed by atoms with van der Waals surface area (Å²) in [7, 11) is -1.17. The normalized spacial score (nSPS) is 11.9. The lowest BCUT2D eigenvalue weighted by atomic mass is 10.1. The van der Waals surface area contributed by atoms with E-state index in [4.69, 9.17) is 9.47 Å². The SMILES string of the molecule is CCCNC(=O)[C@H](C)N(Cc1ccccc1F)C(=O)CN(c1cc(OC)ccc1OC)S(C)(=O)=O. The number of nitrogens with one attached hydrogen (secondary N) is 1. The van der Waals surface area contributed by atoms with E-state index in [2.05, 4.69) is 5.32 Å². The van der Waals surface area contributed by atoms with Crippen molar-refractivity contribution in [3.8, 4) is 11.5 Å². The van der Waals surface area contributed by atoms with Crippen LogP contribution in [-0.2, 0) is 26.2 Å². The first-order valence-corrected chi connectivity index (χ1v) is 12.9. The average Bonchev–Trinajstić information content (AvgIpc) is 2.83. The molecule has 0 radical (unpaired) electrons. The summed E-state index contributed by atoms with van der Waals surface area (Å²) in [5.41, 5.74) is 0.289. The predicted molar refractivity (Wildman–Crippen MR) is 131 cm³/mol. The van der Waals surface area contributed by atoms with Crippen LogP contribution in [0.25, 0.3) is 0 Å². The Labute approximate surface area is 205 Å². The molecule has 1 atom stereocenters. The topological polar surface area (TPSA) is 105 Å². The Morgan fingerprint density at radius 3 is 2.37 bits per heavy atom. The van der Waals surface area contributed by atoms with Crippen molar-refractivity contribution < 1.29 is 31.9 Å². The monoisotopic (exact) mass is 509 g/mol. The Balaban J connectivity index is 2.48. The van der Waals surface area contributed by atoms with Crippen molar-refractivity contribution in [1.29, 1.82) is 0 Å². The van der Waals surface area contributed by atoms with Crippen molar-refractivity contribution in [2.45, 2.75) is 32.9 Å². The van der Waals surface area contributed by atoms with Crippen molar-refractivity contribution in [2.75, 3.05) is 37.9 Å². The molecule has 0 saturated carbocycles. The molecule has 0 fully saturated rings. The lowest BCUT2D eigenvalue weighted by molar-refractivity contribution is -0.139. The van der Waals surface area contributed by atoms with E-state index >= 15 is 0 Å². The summed E-state index contributed by atoms with van der Waals surface area (Å²) >= 11 is 0. The molecular formula is C24H32FN3O6S. The zero-order chi connectivity index (χ0) is 26.2. The third-order valence-electron chi connectivity index (χ3n) is 5.35. The fraction of sp³-hybridized carbons (Fsp3) is 0.417. The van der Waals surface area contributed by atoms with Crippen LogP contribution in [0.3, 0.4) is 0 Å². The van der Waals surface area contributed by atoms with Gasteiger partial charge in [0.15, 0.2) is 0 Å². The number of carbonyl (C=O) groups excluding carboxylic acids is 2. The van der Waals surface area contributed by atoms with Gasteiger partial charge < -0.3 is 19.7 Å². The predicted octanol–water partition coefficient (Wildman–Crippen LogP) is 2.55. The number of rotatable bonds is 12. The molecule has 2 rings (SSSR count). The number of sulfonamides is 1. The highest BCUT2D eigenvalue weighted by Crippen LogP contribution is 2.34. The minimum Gasteiger partial charge on any atom is -0.497 e. The van der Waals surface area contributed by atoms with Gasteiger partial charge in [-0.3, -0.25) is 13.9 Å². The van der Waals surface area contributed by atoms with Crippen LogP contribution in [0, 0.1) is 5.82 Å². The van der Waals surface area contributed by atoms with Crippen molar-refractivity contribution in [3.05, 3.63) is 53.8 Å². The summed E-state index contributed by atoms with van der Waals surface area (Å²) in [4.78, 5) is 27.4. The van der Waals surface area contributed by atoms with E-state index in [9.17, 15) is 22.4 Å². The fourth-order valence-electron chi connectivity index (χ4n) is 3.38. The maximum absolute atomic E-state index is 14.4. The van der Waals surface area contributed by atoms with Crippen LogP contribution in [0.5, 0.6) is 11.5 Å². The lowest BCUT2D eigenvalue weighted by Gasteiger charge is -2.32. The third kappa shape index (κ3) is 7.32. The summed E-state index contributed by atoms with van der Waals surface area (Å²) in [5.74, 6) is -1.10. The number of carbonyl (C=O) groups is 2. The molecule has 0 spiro atoms. The Bertz CT molecular complexity index is 1140. The number of methoxy groups -OCH3 is 2. The van der Waals surface area contributed by atoms with Crippen molar-refractivity contribution >= 4 is 27.5 Å². The highest BCUT2D eigenvalue weighted by molar-refractivity contribution is 7.92. The van der Waals surface area contributed by atoms with E-state index in [1.165, 1.54) is 51.5 Å². The molecule has 0 aromatic heterocycles. The fourth-order valence-corrected chi connectivity index (χ4v) is 4.22. The number of amides is 2. The first-order chi connectivity index (χ1) is 16.5. The number of nitrogens with zero attached hydrogens (tertiary/aromatic N) is 2. The molecule has 192 valence electrons. The minimum absolute atomic E-state index is 0.0941. The van der Waals surface area contributed by atoms with Gasteiger partial charge in [0.05, 0.1) is 26.2 Å². The zero-order valence-corrected chi connectivity index (χ0v) is 21.4. The first-order valence-electron chi connectivity index (χ1n) is 11.0. The molecule has 2 aromatic rings. The standard InChI is InChI=1S/C24H32FN3O6S/c1-6-13-26-24(30)17(2)27(15-18-9-7-8-10-20(18)25)23(29)16-28(35(5,31)32)21-14-19(33-3)11-12-22(21)34-4/h7-12,14,17H,6,13,15-16H2,1-5H3,(H,26,30)/t17-/m0/s1. The largest absolute Gasteiger partial charge is 0.497 e. The summed E-state index contributed by atoms with van der Waals surface area (Å²) in [5, 5.41) is 2.72. The number of hydrogen-bond donors (Lipinski definition) is 1. The first kappa shape index (κ1) is 27.9. The summed E-state index contributed by atoms with van der Waals surface area (Å²) in [6, 6.07) is 9.46. The van der Waals surface area contributed by atoms with Gasteiger partial charge in [0.1, 0.15) is 29.9 Å². The molecule has 0 aliphatic rings. The second-order valence-electron chi connectivity index (χ2n) is 7.89. The molecule has 0 unspecified atom stereocenters. The quantitative estimate of drug-likeness (QED) is 0.472. The lowest BCUT2D eigenvalue weighted by Crippen LogP contribution is -2.51. The smallest absolute Gasteiger partial charge is 0.244 e. The van der Waals surface area contributed by atoms with Crippen molar-refractivity contribution in [3.63, 3.8) is 0 Å². The van der Waals surface area contributed by atoms with Gasteiger partial charge in [-0.15, -0.1) is 0 Å². The van der Waals surface area contributed by atoms with Gasteiger partial charge >= 0.3 is 0 Å². The van der Waals surface area contributed by atoms with E-state index in [1.807, 2.05) is 6.92 Å². The van der Waals surface area contributed by atoms with Gasteiger partial charge in [-0.2, -0.15) is 0 Å². The minimum atomic E-state index is -3.97. The maximum Gasteiger partial charge on any atom is 0.244 e. The highest BCUT2D eigenvalue weighted by atomic mass is 32.2. The molecule has 11 heteroatoms. The molecule has 35 heavy (non-hydrogen) atoms. The van der Waals surface area contributed by atoms with E-state index in [0.29, 0.717) is 18.7 Å². The van der Waals surface area contributed by atoms with Crippen LogP contribution in [0.15, 0.2) is 42.5 Å². The summed E-state index contributed by atoms with van der Waals surface area (Å²) in [6.45, 7) is 2.95. The van der Waals surface area contributed by atoms with Crippen LogP contribution in [-0.4, -0.2) is 64.7 Å². The molecule has 2 amide bonds. The molecular weight excluding hydrogens is 477 g/mol. The van der Waals surface area contributed by atoms with Crippen LogP contribution >= 0.6 is 0 Å². The average molecular weight is 510 g/mol. The third-order valence-corrected chi connectivity index (χ3v) is 6.48. The van der Waals surface area contributed by atoms with Crippen LogP contribution < -0.4 is 19.1 Å². The molecule has 0 saturated heterocycles. The van der Waals surface area contributed by atoms with Crippen LogP contribution in [0.1, 0.15) is 25.8 Å². The van der Waals surface area contributed by atoms with E-state index < -0.39 is 40.2 Å². The summed E-state index contributed by atoms with van der Waals surface area (Å²) < 4.78 is 51.3. The van der Waals surface area contributed by atoms with E-state index in [1.54, 1.807) is 12.1 Å². The number of anilines is 1. The van der Waals surface area contributed by atoms with Crippen LogP contribution in [0.4, 0.5) is 10.1 Å². The number of benzene rings is 2. The molecule has 0 aliphatic heterocycles. The Hall–Kier alpha value is -3.34. The van der Waals surface area contributed by atoms with Gasteiger partial charge in [0, 0.05) is 24.7 Å². The number of hydrogen-bond acceptors (Lipinski definition) is 6. The Kier molecular flexibility index (Phi) is 9.88. The summed E-state index contributed by atoms with van der Waals surface area (Å²) in [6.07, 6.45) is 1.65. The highest BCUT2D eigenvalue weighted by Gasteiger charge is 2.31. The molecule has 0 heterocycles. The molecule has 0 aliphatic carbocycles. The van der Waals surface area contributed by atoms with Gasteiger partial charge in [-0.05, 0) is 31.5 Å². The Morgan fingerprint density at radius 2 is 1.80 bits per heavy atom. The maximum atomic E-state index is 14.4. The van der Waals surface area contributed by atoms with Crippen LogP contribution in [0.2, 0.25) is 0 Å². The van der Waals surface area contributed by atoms with E-state index in [0.717, 1.165) is 15.5 Å². The number of ether oxygens (including phenoxy) is 2. The van der Waals surface area contributed by atoms with Gasteiger partial charge in [0.2, 0.25) is 21.8 Å². The molecule has 0 bridgehead atoms. The zero-order valence-electron chi connectivity index (χ0n) is 20.6. The second-order valence-corrected chi connectivity index (χ2v) is 9.79. The van der Waals surface area contributed by atoms with Gasteiger partial charge in [-0.1, -0.05) is 25.1 Å². The molecule has 2 aromatic carbocycles. The molecule has 1 N–H and O–H groups in total. The number of halogens is 1. The van der Waals surface area contributed by atoms with Gasteiger partial charge in [0.25, 0.3) is 0 Å². The Morgan fingerprint density at radius 1 is 1.11 bits per heavy atom. The molecule has 9 nitrogen and oxygen atoms in total. The van der Waals surface area contributed by atoms with Gasteiger partial charge in [-0.25, -0.2) is 12.8 Å². The second kappa shape index (κ2) is 12.4. The van der Waals surface area contributed by atoms with Crippen molar-refractivity contribution in [2.24, 2.45) is 0 Å². The van der Waals surface area contributed by atoms with E-state index in [-0.39, 0.29) is 23.5 Å². The van der Waals surface area contributed by atoms with Crippen molar-refractivity contribution in [1.82, 2.24) is 10.2 Å².